The zero-order valence-corrected chi connectivity index (χ0v) is 16.3. The third-order valence-electron chi connectivity index (χ3n) is 4.85. The van der Waals surface area contributed by atoms with E-state index in [2.05, 4.69) is 15.1 Å². The van der Waals surface area contributed by atoms with Crippen molar-refractivity contribution in [2.75, 3.05) is 38.2 Å². The lowest BCUT2D eigenvalue weighted by Crippen LogP contribution is -2.48. The second kappa shape index (κ2) is 7.78. The second-order valence-corrected chi connectivity index (χ2v) is 6.84. The number of H-pyrrole nitrogens is 1. The van der Waals surface area contributed by atoms with E-state index in [0.717, 1.165) is 11.3 Å². The van der Waals surface area contributed by atoms with Gasteiger partial charge in [-0.2, -0.15) is 9.50 Å². The van der Waals surface area contributed by atoms with Crippen molar-refractivity contribution in [1.82, 2.24) is 24.5 Å². The summed E-state index contributed by atoms with van der Waals surface area (Å²) in [5.74, 6) is 1.65. The molecular formula is C20H22N6O3. The van der Waals surface area contributed by atoms with Crippen LogP contribution in [0.25, 0.3) is 11.9 Å². The van der Waals surface area contributed by atoms with Crippen molar-refractivity contribution in [3.63, 3.8) is 0 Å². The third kappa shape index (κ3) is 3.98. The van der Waals surface area contributed by atoms with Crippen LogP contribution >= 0.6 is 0 Å². The van der Waals surface area contributed by atoms with E-state index < -0.39 is 0 Å². The van der Waals surface area contributed by atoms with Crippen LogP contribution in [0.3, 0.4) is 0 Å². The number of nitrogens with one attached hydrogen (secondary N) is 1. The number of ether oxygens (including phenoxy) is 1. The summed E-state index contributed by atoms with van der Waals surface area (Å²) in [6, 6.07) is 9.00. The number of amides is 1. The first kappa shape index (κ1) is 18.7. The Kier molecular flexibility index (Phi) is 5.03. The van der Waals surface area contributed by atoms with Crippen molar-refractivity contribution in [3.8, 4) is 5.75 Å². The summed E-state index contributed by atoms with van der Waals surface area (Å²) in [6.07, 6.45) is 3.37. The summed E-state index contributed by atoms with van der Waals surface area (Å²) in [4.78, 5) is 37.0. The molecule has 1 fully saturated rings. The van der Waals surface area contributed by atoms with Crippen LogP contribution in [0, 0.1) is 6.92 Å². The van der Waals surface area contributed by atoms with E-state index in [-0.39, 0.29) is 11.5 Å². The molecule has 0 saturated carbocycles. The molecule has 1 saturated heterocycles. The highest BCUT2D eigenvalue weighted by atomic mass is 16.5. The van der Waals surface area contributed by atoms with E-state index in [0.29, 0.717) is 43.6 Å². The van der Waals surface area contributed by atoms with Gasteiger partial charge in [-0.1, -0.05) is 12.1 Å². The normalized spacial score (nSPS) is 14.7. The fourth-order valence-electron chi connectivity index (χ4n) is 3.28. The molecule has 3 aromatic rings. The largest absolute Gasteiger partial charge is 0.497 e. The quantitative estimate of drug-likeness (QED) is 0.666. The molecule has 0 unspecified atom stereocenters. The van der Waals surface area contributed by atoms with E-state index in [1.165, 1.54) is 10.6 Å². The molecular weight excluding hydrogens is 372 g/mol. The SMILES string of the molecule is COc1cccc(/C=C/C(=O)N2CCN(c3nc4nc(C)cc(=O)n4[nH]3)CC2)c1. The number of carbonyl (C=O) groups is 1. The van der Waals surface area contributed by atoms with Gasteiger partial charge in [0.05, 0.1) is 7.11 Å². The number of hydrogen-bond acceptors (Lipinski definition) is 6. The summed E-state index contributed by atoms with van der Waals surface area (Å²) in [6.45, 7) is 4.14. The van der Waals surface area contributed by atoms with Crippen LogP contribution in [0.2, 0.25) is 0 Å². The van der Waals surface area contributed by atoms with Crippen LogP contribution < -0.4 is 15.2 Å². The molecule has 0 atom stereocenters. The van der Waals surface area contributed by atoms with Crippen LogP contribution in [-0.2, 0) is 4.79 Å². The maximum absolute atomic E-state index is 12.5. The highest BCUT2D eigenvalue weighted by Crippen LogP contribution is 2.15. The second-order valence-electron chi connectivity index (χ2n) is 6.84. The van der Waals surface area contributed by atoms with Gasteiger partial charge >= 0.3 is 0 Å². The summed E-state index contributed by atoms with van der Waals surface area (Å²) in [5, 5.41) is 2.99. The molecule has 29 heavy (non-hydrogen) atoms. The van der Waals surface area contributed by atoms with Gasteiger partial charge in [-0.3, -0.25) is 14.7 Å². The van der Waals surface area contributed by atoms with E-state index in [4.69, 9.17) is 4.74 Å². The van der Waals surface area contributed by atoms with Gasteiger partial charge in [0.15, 0.2) is 0 Å². The Morgan fingerprint density at radius 3 is 2.72 bits per heavy atom. The minimum atomic E-state index is -0.192. The molecule has 150 valence electrons. The van der Waals surface area contributed by atoms with Gasteiger partial charge in [-0.05, 0) is 30.7 Å². The molecule has 1 aliphatic heterocycles. The number of anilines is 1. The van der Waals surface area contributed by atoms with Crippen LogP contribution in [0.1, 0.15) is 11.3 Å². The van der Waals surface area contributed by atoms with Gasteiger partial charge in [0, 0.05) is 44.0 Å². The van der Waals surface area contributed by atoms with E-state index in [1.54, 1.807) is 31.1 Å². The first-order chi connectivity index (χ1) is 14.0. The number of benzene rings is 1. The molecule has 9 nitrogen and oxygen atoms in total. The van der Waals surface area contributed by atoms with Gasteiger partial charge in [0.25, 0.3) is 11.3 Å². The van der Waals surface area contributed by atoms with E-state index in [9.17, 15) is 9.59 Å². The number of carbonyl (C=O) groups excluding carboxylic acids is 1. The number of nitrogens with zero attached hydrogens (tertiary/aromatic N) is 5. The Hall–Kier alpha value is -3.62. The number of rotatable bonds is 4. The fraction of sp³-hybridized carbons (Fsp3) is 0.300. The molecule has 4 rings (SSSR count). The van der Waals surface area contributed by atoms with E-state index in [1.807, 2.05) is 29.2 Å². The maximum Gasteiger partial charge on any atom is 0.274 e. The third-order valence-corrected chi connectivity index (χ3v) is 4.85. The highest BCUT2D eigenvalue weighted by Gasteiger charge is 2.22. The molecule has 3 heterocycles. The summed E-state index contributed by atoms with van der Waals surface area (Å²) in [5.41, 5.74) is 1.35. The van der Waals surface area contributed by atoms with Crippen LogP contribution in [0.15, 0.2) is 41.2 Å². The number of aryl methyl sites for hydroxylation is 1. The van der Waals surface area contributed by atoms with Crippen LogP contribution in [0.4, 0.5) is 5.95 Å². The summed E-state index contributed by atoms with van der Waals surface area (Å²) >= 11 is 0. The Morgan fingerprint density at radius 1 is 1.17 bits per heavy atom. The zero-order valence-electron chi connectivity index (χ0n) is 16.3. The standard InChI is InChI=1S/C20H22N6O3/c1-14-12-18(28)26-19(21-14)22-20(23-26)25-10-8-24(9-11-25)17(27)7-6-15-4-3-5-16(13-15)29-2/h3-7,12-13H,8-11H2,1-2H3,(H,21,22,23)/b7-6+. The minimum Gasteiger partial charge on any atom is -0.497 e. The zero-order chi connectivity index (χ0) is 20.4. The number of hydrogen-bond donors (Lipinski definition) is 1. The van der Waals surface area contributed by atoms with Gasteiger partial charge < -0.3 is 14.5 Å². The first-order valence-electron chi connectivity index (χ1n) is 9.36. The molecule has 0 radical (unpaired) electrons. The smallest absolute Gasteiger partial charge is 0.274 e. The Balaban J connectivity index is 1.40. The van der Waals surface area contributed by atoms with Crippen molar-refractivity contribution in [2.24, 2.45) is 0 Å². The first-order valence-corrected chi connectivity index (χ1v) is 9.36. The van der Waals surface area contributed by atoms with Crippen molar-refractivity contribution < 1.29 is 9.53 Å². The molecule has 1 N–H and O–H groups in total. The van der Waals surface area contributed by atoms with Crippen molar-refractivity contribution in [1.29, 1.82) is 0 Å². The van der Waals surface area contributed by atoms with Crippen LogP contribution in [0.5, 0.6) is 5.75 Å². The molecule has 1 amide bonds. The number of piperazine rings is 1. The number of aromatic nitrogens is 4. The molecule has 0 spiro atoms. The maximum atomic E-state index is 12.5. The predicted octanol–water partition coefficient (Wildman–Crippen LogP) is 1.10. The minimum absolute atomic E-state index is 0.0365. The Morgan fingerprint density at radius 2 is 1.97 bits per heavy atom. The van der Waals surface area contributed by atoms with Gasteiger partial charge in [-0.25, -0.2) is 4.98 Å². The molecule has 1 aromatic carbocycles. The summed E-state index contributed by atoms with van der Waals surface area (Å²) in [7, 11) is 1.61. The lowest BCUT2D eigenvalue weighted by atomic mass is 10.2. The number of fused-ring (bicyclic) bond motifs is 1. The molecule has 0 aliphatic carbocycles. The summed E-state index contributed by atoms with van der Waals surface area (Å²) < 4.78 is 6.53. The Labute approximate surface area is 167 Å². The molecule has 1 aliphatic rings. The predicted molar refractivity (Wildman–Crippen MR) is 109 cm³/mol. The monoisotopic (exact) mass is 394 g/mol. The number of aromatic amines is 1. The highest BCUT2D eigenvalue weighted by molar-refractivity contribution is 5.92. The molecule has 0 bridgehead atoms. The van der Waals surface area contributed by atoms with Gasteiger partial charge in [0.2, 0.25) is 11.9 Å². The molecule has 2 aromatic heterocycles. The Bertz CT molecular complexity index is 1120. The topological polar surface area (TPSA) is 95.8 Å². The van der Waals surface area contributed by atoms with Crippen molar-refractivity contribution >= 4 is 23.7 Å². The van der Waals surface area contributed by atoms with Crippen molar-refractivity contribution in [3.05, 3.63) is 58.0 Å². The van der Waals surface area contributed by atoms with E-state index >= 15 is 0 Å². The number of methoxy groups -OCH3 is 1. The van der Waals surface area contributed by atoms with Crippen molar-refractivity contribution in [2.45, 2.75) is 6.92 Å². The van der Waals surface area contributed by atoms with Crippen LogP contribution in [-0.4, -0.2) is 63.7 Å². The lowest BCUT2D eigenvalue weighted by molar-refractivity contribution is -0.126. The van der Waals surface area contributed by atoms with Gasteiger partial charge in [0.1, 0.15) is 5.75 Å². The average Bonchev–Trinajstić information content (AvgIpc) is 3.16. The molecule has 9 heteroatoms. The fourth-order valence-corrected chi connectivity index (χ4v) is 3.28. The average molecular weight is 394 g/mol. The lowest BCUT2D eigenvalue weighted by Gasteiger charge is -2.33. The van der Waals surface area contributed by atoms with Gasteiger partial charge in [-0.15, -0.1) is 0 Å².